The van der Waals surface area contributed by atoms with E-state index in [1.807, 2.05) is 0 Å². The predicted molar refractivity (Wildman–Crippen MR) is 43.7 cm³/mol. The molecule has 0 aromatic carbocycles. The number of aliphatic hydroxyl groups is 1. The number of hydrogen-bond donors (Lipinski definition) is 2. The molecule has 2 heterocycles. The minimum atomic E-state index is -0.745. The van der Waals surface area contributed by atoms with Gasteiger partial charge in [0.1, 0.15) is 5.72 Å². The fourth-order valence-electron chi connectivity index (χ4n) is 1.29. The zero-order valence-electron chi connectivity index (χ0n) is 7.29. The molecule has 0 atom stereocenters. The first-order valence-corrected chi connectivity index (χ1v) is 4.28. The van der Waals surface area contributed by atoms with Crippen LogP contribution in [-0.4, -0.2) is 39.9 Å². The maximum Gasteiger partial charge on any atom is 0.303 e. The minimum Gasteiger partial charge on any atom is -0.481 e. The van der Waals surface area contributed by atoms with E-state index in [0.717, 1.165) is 25.9 Å². The van der Waals surface area contributed by atoms with E-state index in [-0.39, 0.29) is 12.1 Å². The van der Waals surface area contributed by atoms with Gasteiger partial charge >= 0.3 is 5.97 Å². The predicted octanol–water partition coefficient (Wildman–Crippen LogP) is 0.265. The van der Waals surface area contributed by atoms with Gasteiger partial charge in [-0.15, -0.1) is 0 Å². The molecule has 2 saturated heterocycles. The molecule has 0 aliphatic carbocycles. The van der Waals surface area contributed by atoms with Crippen molar-refractivity contribution in [3.8, 4) is 0 Å². The van der Waals surface area contributed by atoms with Crippen LogP contribution in [0.1, 0.15) is 26.2 Å². The first-order chi connectivity index (χ1) is 5.58. The van der Waals surface area contributed by atoms with Crippen LogP contribution in [0.5, 0.6) is 0 Å². The lowest BCUT2D eigenvalue weighted by atomic mass is 9.86. The van der Waals surface area contributed by atoms with Crippen LogP contribution in [0, 0.1) is 0 Å². The van der Waals surface area contributed by atoms with E-state index in [2.05, 4.69) is 4.90 Å². The summed E-state index contributed by atoms with van der Waals surface area (Å²) in [5.41, 5.74) is -0.306. The molecule has 0 unspecified atom stereocenters. The first-order valence-electron chi connectivity index (χ1n) is 4.28. The van der Waals surface area contributed by atoms with Gasteiger partial charge < -0.3 is 10.2 Å². The van der Waals surface area contributed by atoms with E-state index in [1.54, 1.807) is 6.92 Å². The lowest BCUT2D eigenvalue weighted by molar-refractivity contribution is -0.248. The van der Waals surface area contributed by atoms with Crippen LogP contribution in [0.15, 0.2) is 0 Å². The van der Waals surface area contributed by atoms with Gasteiger partial charge in [0.15, 0.2) is 0 Å². The Labute approximate surface area is 71.8 Å². The monoisotopic (exact) mass is 173 g/mol. The zero-order valence-corrected chi connectivity index (χ0v) is 7.29. The Morgan fingerprint density at radius 2 is 1.83 bits per heavy atom. The third-order valence-electron chi connectivity index (χ3n) is 2.46. The van der Waals surface area contributed by atoms with Crippen LogP contribution in [-0.2, 0) is 4.79 Å². The summed E-state index contributed by atoms with van der Waals surface area (Å²) >= 11 is 0. The number of aliphatic carboxylic acids is 1. The lowest BCUT2D eigenvalue weighted by Gasteiger charge is -2.57. The summed E-state index contributed by atoms with van der Waals surface area (Å²) in [6, 6.07) is 0. The van der Waals surface area contributed by atoms with Crippen molar-refractivity contribution in [1.82, 2.24) is 4.90 Å². The molecule has 0 amide bonds. The van der Waals surface area contributed by atoms with Gasteiger partial charge in [-0.25, -0.2) is 0 Å². The largest absolute Gasteiger partial charge is 0.481 e. The number of fused-ring (bicyclic) bond motifs is 1. The van der Waals surface area contributed by atoms with E-state index >= 15 is 0 Å². The van der Waals surface area contributed by atoms with Gasteiger partial charge in [0.05, 0.1) is 0 Å². The first kappa shape index (κ1) is 9.48. The molecule has 70 valence electrons. The quantitative estimate of drug-likeness (QED) is 0.597. The summed E-state index contributed by atoms with van der Waals surface area (Å²) in [5, 5.41) is 16.9. The van der Waals surface area contributed by atoms with Crippen molar-refractivity contribution < 1.29 is 15.0 Å². The van der Waals surface area contributed by atoms with Gasteiger partial charge in [0.25, 0.3) is 0 Å². The molecule has 0 radical (unpaired) electrons. The Balaban J connectivity index is 0.000000130. The van der Waals surface area contributed by atoms with Crippen LogP contribution in [0.4, 0.5) is 0 Å². The van der Waals surface area contributed by atoms with Crippen molar-refractivity contribution in [1.29, 1.82) is 0 Å². The van der Waals surface area contributed by atoms with Crippen LogP contribution in [0.3, 0.4) is 0 Å². The summed E-state index contributed by atoms with van der Waals surface area (Å²) in [6.45, 7) is 3.84. The molecule has 0 saturated carbocycles. The van der Waals surface area contributed by atoms with Gasteiger partial charge in [-0.1, -0.05) is 6.92 Å². The number of carboxylic acids is 1. The molecule has 2 aliphatic heterocycles. The van der Waals surface area contributed by atoms with Crippen LogP contribution in [0.25, 0.3) is 0 Å². The molecule has 0 aromatic heterocycles. The van der Waals surface area contributed by atoms with Crippen LogP contribution < -0.4 is 0 Å². The Kier molecular flexibility index (Phi) is 2.69. The second-order valence-corrected chi connectivity index (χ2v) is 3.22. The van der Waals surface area contributed by atoms with Crippen LogP contribution >= 0.6 is 0 Å². The van der Waals surface area contributed by atoms with Crippen molar-refractivity contribution in [2.45, 2.75) is 31.9 Å². The van der Waals surface area contributed by atoms with E-state index < -0.39 is 5.97 Å². The smallest absolute Gasteiger partial charge is 0.303 e. The maximum atomic E-state index is 9.37. The molecule has 0 aromatic rings. The van der Waals surface area contributed by atoms with Gasteiger partial charge in [-0.3, -0.25) is 9.69 Å². The summed E-state index contributed by atoms with van der Waals surface area (Å²) in [6.07, 6.45) is 2.24. The van der Waals surface area contributed by atoms with Crippen molar-refractivity contribution >= 4 is 5.97 Å². The normalized spacial score (nSPS) is 23.8. The maximum absolute atomic E-state index is 9.37. The molecule has 2 rings (SSSR count). The number of rotatable bonds is 1. The summed E-state index contributed by atoms with van der Waals surface area (Å²) < 4.78 is 0. The summed E-state index contributed by atoms with van der Waals surface area (Å²) in [4.78, 5) is 11.5. The average molecular weight is 173 g/mol. The topological polar surface area (TPSA) is 60.8 Å². The SMILES string of the molecule is CCC(=O)O.OC12CCN1CC2. The Hall–Kier alpha value is -0.610. The fraction of sp³-hybridized carbons (Fsp3) is 0.875. The number of carbonyl (C=O) groups is 1. The van der Waals surface area contributed by atoms with Crippen LogP contribution in [0.2, 0.25) is 0 Å². The summed E-state index contributed by atoms with van der Waals surface area (Å²) in [5.74, 6) is -0.745. The summed E-state index contributed by atoms with van der Waals surface area (Å²) in [7, 11) is 0. The second-order valence-electron chi connectivity index (χ2n) is 3.22. The molecule has 12 heavy (non-hydrogen) atoms. The molecule has 4 heteroatoms. The Morgan fingerprint density at radius 3 is 1.83 bits per heavy atom. The number of hydrogen-bond acceptors (Lipinski definition) is 3. The highest BCUT2D eigenvalue weighted by Gasteiger charge is 2.49. The highest BCUT2D eigenvalue weighted by atomic mass is 16.4. The Bertz CT molecular complexity index is 173. The van der Waals surface area contributed by atoms with Gasteiger partial charge in [0, 0.05) is 32.4 Å². The van der Waals surface area contributed by atoms with E-state index in [1.165, 1.54) is 0 Å². The zero-order chi connectivity index (χ0) is 9.19. The molecular weight excluding hydrogens is 158 g/mol. The van der Waals surface area contributed by atoms with Crippen molar-refractivity contribution in [3.63, 3.8) is 0 Å². The third kappa shape index (κ3) is 1.76. The highest BCUT2D eigenvalue weighted by Crippen LogP contribution is 2.39. The Morgan fingerprint density at radius 1 is 1.50 bits per heavy atom. The number of nitrogens with zero attached hydrogens (tertiary/aromatic N) is 1. The van der Waals surface area contributed by atoms with Crippen molar-refractivity contribution in [2.24, 2.45) is 0 Å². The second kappa shape index (κ2) is 3.41. The molecule has 0 spiro atoms. The number of piperidine rings is 1. The molecule has 2 fully saturated rings. The van der Waals surface area contributed by atoms with Crippen molar-refractivity contribution in [3.05, 3.63) is 0 Å². The molecule has 4 nitrogen and oxygen atoms in total. The molecule has 0 bridgehead atoms. The number of carboxylic acid groups (broad SMARTS) is 1. The molecule has 2 N–H and O–H groups in total. The lowest BCUT2D eigenvalue weighted by Crippen LogP contribution is -2.69. The van der Waals surface area contributed by atoms with Gasteiger partial charge in [0.2, 0.25) is 0 Å². The minimum absolute atomic E-state index is 0.222. The third-order valence-corrected chi connectivity index (χ3v) is 2.46. The van der Waals surface area contributed by atoms with E-state index in [4.69, 9.17) is 5.11 Å². The molecular formula is C8H15NO3. The average Bonchev–Trinajstić information content (AvgIpc) is 2.05. The van der Waals surface area contributed by atoms with E-state index in [0.29, 0.717) is 0 Å². The highest BCUT2D eigenvalue weighted by molar-refractivity contribution is 5.66. The van der Waals surface area contributed by atoms with Gasteiger partial charge in [-0.05, 0) is 0 Å². The molecule has 2 aliphatic rings. The van der Waals surface area contributed by atoms with E-state index in [9.17, 15) is 9.90 Å². The fourth-order valence-corrected chi connectivity index (χ4v) is 1.29. The standard InChI is InChI=1S/C5H9NO.C3H6O2/c7-5-1-3-6(5)4-2-5;1-2-3(4)5/h7H,1-4H2;2H2,1H3,(H,4,5). The van der Waals surface area contributed by atoms with Crippen molar-refractivity contribution in [2.75, 3.05) is 13.1 Å². The van der Waals surface area contributed by atoms with Gasteiger partial charge in [-0.2, -0.15) is 0 Å².